The van der Waals surface area contributed by atoms with Crippen molar-refractivity contribution in [2.75, 3.05) is 5.75 Å². The average Bonchev–Trinajstić information content (AvgIpc) is 3.28. The molecule has 4 rings (SSSR count). The van der Waals surface area contributed by atoms with Crippen molar-refractivity contribution in [3.05, 3.63) is 66.0 Å². The first-order chi connectivity index (χ1) is 14.0. The summed E-state index contributed by atoms with van der Waals surface area (Å²) in [5, 5.41) is 19.8. The molecular weight excluding hydrogens is 420 g/mol. The summed E-state index contributed by atoms with van der Waals surface area (Å²) in [6.45, 7) is 4.32. The quantitative estimate of drug-likeness (QED) is 0.383. The molecule has 0 saturated heterocycles. The van der Waals surface area contributed by atoms with Crippen LogP contribution in [0, 0.1) is 0 Å². The van der Waals surface area contributed by atoms with Gasteiger partial charge in [-0.3, -0.25) is 0 Å². The first kappa shape index (κ1) is 20.4. The number of hydrogen-bond donors (Lipinski definition) is 1. The smallest absolute Gasteiger partial charge is 0.191 e. The Labute approximate surface area is 182 Å². The van der Waals surface area contributed by atoms with Gasteiger partial charge in [0.15, 0.2) is 9.50 Å². The summed E-state index contributed by atoms with van der Waals surface area (Å²) in [7, 11) is 0. The number of fused-ring (bicyclic) bond motifs is 1. The highest BCUT2D eigenvalue weighted by molar-refractivity contribution is 8.00. The van der Waals surface area contributed by atoms with Gasteiger partial charge in [-0.15, -0.1) is 21.5 Å². The third kappa shape index (κ3) is 5.39. The SMILES string of the molecule is CC(C)(O)CSc1nnc(CSc2nc3ccccc3s2)n1Cc1ccccc1. The van der Waals surface area contributed by atoms with Crippen molar-refractivity contribution in [1.82, 2.24) is 19.7 Å². The summed E-state index contributed by atoms with van der Waals surface area (Å²) in [4.78, 5) is 4.70. The van der Waals surface area contributed by atoms with Crippen LogP contribution in [0.15, 0.2) is 64.1 Å². The number of rotatable bonds is 8. The van der Waals surface area contributed by atoms with Crippen LogP contribution in [0.3, 0.4) is 0 Å². The zero-order valence-corrected chi connectivity index (χ0v) is 18.7. The van der Waals surface area contributed by atoms with Crippen LogP contribution in [-0.4, -0.2) is 36.2 Å². The van der Waals surface area contributed by atoms with E-state index in [9.17, 15) is 5.11 Å². The summed E-state index contributed by atoms with van der Waals surface area (Å²) < 4.78 is 4.37. The Kier molecular flexibility index (Phi) is 6.24. The van der Waals surface area contributed by atoms with E-state index < -0.39 is 5.60 Å². The van der Waals surface area contributed by atoms with E-state index in [1.54, 1.807) is 23.1 Å². The van der Waals surface area contributed by atoms with E-state index in [-0.39, 0.29) is 0 Å². The van der Waals surface area contributed by atoms with Crippen molar-refractivity contribution in [1.29, 1.82) is 0 Å². The molecule has 2 aromatic heterocycles. The first-order valence-corrected chi connectivity index (χ1v) is 12.1. The van der Waals surface area contributed by atoms with Crippen molar-refractivity contribution in [3.63, 3.8) is 0 Å². The molecule has 2 aromatic carbocycles. The highest BCUT2D eigenvalue weighted by Crippen LogP contribution is 2.32. The minimum atomic E-state index is -0.760. The molecule has 0 unspecified atom stereocenters. The lowest BCUT2D eigenvalue weighted by Crippen LogP contribution is -2.22. The molecule has 4 aromatic rings. The molecule has 0 aliphatic heterocycles. The zero-order valence-electron chi connectivity index (χ0n) is 16.3. The lowest BCUT2D eigenvalue weighted by molar-refractivity contribution is 0.107. The van der Waals surface area contributed by atoms with Gasteiger partial charge >= 0.3 is 0 Å². The molecule has 0 atom stereocenters. The van der Waals surface area contributed by atoms with Crippen molar-refractivity contribution >= 4 is 45.1 Å². The fourth-order valence-electron chi connectivity index (χ4n) is 2.74. The van der Waals surface area contributed by atoms with E-state index in [2.05, 4.69) is 33.0 Å². The number of thioether (sulfide) groups is 2. The second-order valence-electron chi connectivity index (χ2n) is 7.31. The van der Waals surface area contributed by atoms with Gasteiger partial charge in [0.05, 0.1) is 28.1 Å². The highest BCUT2D eigenvalue weighted by Gasteiger charge is 2.19. The molecule has 0 fully saturated rings. The van der Waals surface area contributed by atoms with Crippen LogP contribution in [0.1, 0.15) is 25.2 Å². The third-order valence-electron chi connectivity index (χ3n) is 4.13. The summed E-state index contributed by atoms with van der Waals surface area (Å²) in [5.41, 5.74) is 1.47. The molecular formula is C21H22N4OS3. The molecule has 0 bridgehead atoms. The van der Waals surface area contributed by atoms with E-state index in [4.69, 9.17) is 4.98 Å². The van der Waals surface area contributed by atoms with E-state index in [1.807, 2.05) is 50.2 Å². The van der Waals surface area contributed by atoms with Crippen molar-refractivity contribution in [2.24, 2.45) is 0 Å². The Morgan fingerprint density at radius 3 is 2.52 bits per heavy atom. The fraction of sp³-hybridized carbons (Fsp3) is 0.286. The molecule has 5 nitrogen and oxygen atoms in total. The summed E-state index contributed by atoms with van der Waals surface area (Å²) in [6.07, 6.45) is 0. The average molecular weight is 443 g/mol. The van der Waals surface area contributed by atoms with Gasteiger partial charge in [-0.25, -0.2) is 4.98 Å². The van der Waals surface area contributed by atoms with Crippen LogP contribution in [0.25, 0.3) is 10.2 Å². The summed E-state index contributed by atoms with van der Waals surface area (Å²) in [5.74, 6) is 2.17. The Balaban J connectivity index is 1.55. The molecule has 150 valence electrons. The molecule has 0 radical (unpaired) electrons. The van der Waals surface area contributed by atoms with E-state index in [1.165, 1.54) is 22.0 Å². The van der Waals surface area contributed by atoms with Crippen LogP contribution in [-0.2, 0) is 12.3 Å². The highest BCUT2D eigenvalue weighted by atomic mass is 32.2. The predicted molar refractivity (Wildman–Crippen MR) is 122 cm³/mol. The normalized spacial score (nSPS) is 12.0. The van der Waals surface area contributed by atoms with Gasteiger partial charge in [0, 0.05) is 5.75 Å². The Morgan fingerprint density at radius 1 is 1.00 bits per heavy atom. The third-order valence-corrected chi connectivity index (χ3v) is 7.72. The monoisotopic (exact) mass is 442 g/mol. The molecule has 0 aliphatic rings. The maximum absolute atomic E-state index is 10.1. The molecule has 8 heteroatoms. The lowest BCUT2D eigenvalue weighted by Gasteiger charge is -2.16. The number of nitrogens with zero attached hydrogens (tertiary/aromatic N) is 4. The maximum Gasteiger partial charge on any atom is 0.191 e. The van der Waals surface area contributed by atoms with Gasteiger partial charge in [0.25, 0.3) is 0 Å². The standard InChI is InChI=1S/C21H22N4OS3/c1-21(2,26)14-28-19-24-23-18(25(19)12-15-8-4-3-5-9-15)13-27-20-22-16-10-6-7-11-17(16)29-20/h3-11,26H,12-14H2,1-2H3. The maximum atomic E-state index is 10.1. The van der Waals surface area contributed by atoms with Crippen LogP contribution >= 0.6 is 34.9 Å². The van der Waals surface area contributed by atoms with E-state index in [0.29, 0.717) is 18.1 Å². The van der Waals surface area contributed by atoms with E-state index in [0.717, 1.165) is 20.8 Å². The van der Waals surface area contributed by atoms with Gasteiger partial charge < -0.3 is 9.67 Å². The summed E-state index contributed by atoms with van der Waals surface area (Å²) >= 11 is 4.93. The minimum absolute atomic E-state index is 0.560. The number of thiazole rings is 1. The van der Waals surface area contributed by atoms with Crippen molar-refractivity contribution < 1.29 is 5.11 Å². The molecule has 0 saturated carbocycles. The van der Waals surface area contributed by atoms with Gasteiger partial charge in [-0.2, -0.15) is 0 Å². The first-order valence-electron chi connectivity index (χ1n) is 9.27. The number of aliphatic hydroxyl groups is 1. The van der Waals surface area contributed by atoms with Crippen molar-refractivity contribution in [3.8, 4) is 0 Å². The summed E-state index contributed by atoms with van der Waals surface area (Å²) in [6, 6.07) is 18.5. The fourth-order valence-corrected chi connectivity index (χ4v) is 5.65. The molecule has 0 amide bonds. The number of hydrogen-bond acceptors (Lipinski definition) is 7. The largest absolute Gasteiger partial charge is 0.390 e. The van der Waals surface area contributed by atoms with Crippen LogP contribution in [0.5, 0.6) is 0 Å². The topological polar surface area (TPSA) is 63.8 Å². The predicted octanol–water partition coefficient (Wildman–Crippen LogP) is 5.09. The molecule has 29 heavy (non-hydrogen) atoms. The Morgan fingerprint density at radius 2 is 1.76 bits per heavy atom. The molecule has 2 heterocycles. The zero-order chi connectivity index (χ0) is 20.3. The van der Waals surface area contributed by atoms with Crippen LogP contribution in [0.4, 0.5) is 0 Å². The second-order valence-corrected chi connectivity index (χ2v) is 10.5. The van der Waals surface area contributed by atoms with Gasteiger partial charge in [-0.1, -0.05) is 66.0 Å². The Hall–Kier alpha value is -1.87. The van der Waals surface area contributed by atoms with Crippen LogP contribution in [0.2, 0.25) is 0 Å². The molecule has 1 N–H and O–H groups in total. The van der Waals surface area contributed by atoms with Gasteiger partial charge in [0.1, 0.15) is 5.82 Å². The van der Waals surface area contributed by atoms with E-state index >= 15 is 0 Å². The Bertz CT molecular complexity index is 1050. The number of benzene rings is 2. The minimum Gasteiger partial charge on any atom is -0.390 e. The second kappa shape index (κ2) is 8.87. The van der Waals surface area contributed by atoms with Gasteiger partial charge in [-0.05, 0) is 31.5 Å². The number of aromatic nitrogens is 4. The van der Waals surface area contributed by atoms with Gasteiger partial charge in [0.2, 0.25) is 0 Å². The molecule has 0 spiro atoms. The van der Waals surface area contributed by atoms with Crippen molar-refractivity contribution in [2.45, 2.75) is 41.2 Å². The lowest BCUT2D eigenvalue weighted by atomic mass is 10.2. The number of para-hydroxylation sites is 1. The van der Waals surface area contributed by atoms with Crippen LogP contribution < -0.4 is 0 Å². The molecule has 0 aliphatic carbocycles.